The summed E-state index contributed by atoms with van der Waals surface area (Å²) in [4.78, 5) is 0. The molecule has 166 valence electrons. The third-order valence-electron chi connectivity index (χ3n) is 5.11. The summed E-state index contributed by atoms with van der Waals surface area (Å²) in [6.45, 7) is 14.7. The fraction of sp³-hybridized carbons (Fsp3) is 0.556. The molecule has 2 rings (SSSR count). The largest absolute Gasteiger partial charge is 0.491 e. The second-order valence-electron chi connectivity index (χ2n) is 9.18. The average molecular weight is 412 g/mol. The van der Waals surface area contributed by atoms with Crippen LogP contribution in [0.5, 0.6) is 11.5 Å². The smallest absolute Gasteiger partial charge is 0.119 e. The molecule has 0 heterocycles. The molecule has 0 aliphatic rings. The Kier molecular flexibility index (Phi) is 10.2. The van der Waals surface area contributed by atoms with Gasteiger partial charge in [-0.25, -0.2) is 0 Å². The third-order valence-corrected chi connectivity index (χ3v) is 5.11. The SMILES string of the molecule is CC(C)CCC(CCNCc1ccc(OC(C)C)cc1)c1ccc(OC(C)C)cc1. The van der Waals surface area contributed by atoms with Crippen LogP contribution in [0.3, 0.4) is 0 Å². The molecule has 1 atom stereocenters. The lowest BCUT2D eigenvalue weighted by Crippen LogP contribution is -2.17. The summed E-state index contributed by atoms with van der Waals surface area (Å²) >= 11 is 0. The Bertz CT molecular complexity index is 705. The van der Waals surface area contributed by atoms with Gasteiger partial charge in [0.2, 0.25) is 0 Å². The van der Waals surface area contributed by atoms with Crippen molar-refractivity contribution in [2.24, 2.45) is 5.92 Å². The summed E-state index contributed by atoms with van der Waals surface area (Å²) < 4.78 is 11.5. The third kappa shape index (κ3) is 9.21. The maximum Gasteiger partial charge on any atom is 0.119 e. The Morgan fingerprint density at radius 2 is 1.20 bits per heavy atom. The molecule has 3 nitrogen and oxygen atoms in total. The molecule has 0 aliphatic carbocycles. The van der Waals surface area contributed by atoms with Crippen LogP contribution in [0, 0.1) is 5.92 Å². The second-order valence-corrected chi connectivity index (χ2v) is 9.18. The van der Waals surface area contributed by atoms with E-state index in [0.29, 0.717) is 5.92 Å². The predicted molar refractivity (Wildman–Crippen MR) is 128 cm³/mol. The van der Waals surface area contributed by atoms with Gasteiger partial charge in [0.15, 0.2) is 0 Å². The lowest BCUT2D eigenvalue weighted by molar-refractivity contribution is 0.242. The molecule has 3 heteroatoms. The van der Waals surface area contributed by atoms with Crippen LogP contribution in [0.4, 0.5) is 0 Å². The first-order valence-electron chi connectivity index (χ1n) is 11.6. The van der Waals surface area contributed by atoms with Crippen molar-refractivity contribution in [1.29, 1.82) is 0 Å². The van der Waals surface area contributed by atoms with E-state index in [4.69, 9.17) is 9.47 Å². The van der Waals surface area contributed by atoms with Gasteiger partial charge in [0, 0.05) is 6.54 Å². The summed E-state index contributed by atoms with van der Waals surface area (Å²) in [5.41, 5.74) is 2.71. The fourth-order valence-electron chi connectivity index (χ4n) is 3.57. The molecule has 0 fully saturated rings. The van der Waals surface area contributed by atoms with Gasteiger partial charge in [-0.15, -0.1) is 0 Å². The van der Waals surface area contributed by atoms with E-state index < -0.39 is 0 Å². The van der Waals surface area contributed by atoms with Gasteiger partial charge in [0.05, 0.1) is 12.2 Å². The average Bonchev–Trinajstić information content (AvgIpc) is 2.68. The molecule has 1 N–H and O–H groups in total. The zero-order valence-electron chi connectivity index (χ0n) is 19.8. The Morgan fingerprint density at radius 3 is 1.70 bits per heavy atom. The molecule has 0 aliphatic heterocycles. The molecule has 2 aromatic carbocycles. The molecule has 1 unspecified atom stereocenters. The van der Waals surface area contributed by atoms with E-state index in [1.165, 1.54) is 24.0 Å². The minimum atomic E-state index is 0.211. The molecule has 0 amide bonds. The predicted octanol–water partition coefficient (Wildman–Crippen LogP) is 6.96. The molecule has 30 heavy (non-hydrogen) atoms. The molecule has 2 aromatic rings. The summed E-state index contributed by atoms with van der Waals surface area (Å²) in [6, 6.07) is 17.1. The van der Waals surface area contributed by atoms with Crippen LogP contribution in [0.2, 0.25) is 0 Å². The zero-order valence-corrected chi connectivity index (χ0v) is 19.8. The van der Waals surface area contributed by atoms with Gasteiger partial charge in [-0.1, -0.05) is 44.5 Å². The van der Waals surface area contributed by atoms with E-state index in [9.17, 15) is 0 Å². The molecule has 0 spiro atoms. The Labute approximate surface area is 184 Å². The van der Waals surface area contributed by atoms with Crippen LogP contribution < -0.4 is 14.8 Å². The first-order valence-corrected chi connectivity index (χ1v) is 11.6. The molecule has 0 saturated heterocycles. The number of hydrogen-bond donors (Lipinski definition) is 1. The van der Waals surface area contributed by atoms with Crippen LogP contribution in [-0.2, 0) is 6.54 Å². The van der Waals surface area contributed by atoms with Crippen LogP contribution in [-0.4, -0.2) is 18.8 Å². The van der Waals surface area contributed by atoms with E-state index in [-0.39, 0.29) is 12.2 Å². The summed E-state index contributed by atoms with van der Waals surface area (Å²) in [5.74, 6) is 3.21. The van der Waals surface area contributed by atoms with Crippen LogP contribution in [0.25, 0.3) is 0 Å². The van der Waals surface area contributed by atoms with Crippen molar-refractivity contribution in [3.8, 4) is 11.5 Å². The van der Waals surface area contributed by atoms with Crippen molar-refractivity contribution in [3.63, 3.8) is 0 Å². The molecule has 0 saturated carbocycles. The standard InChI is InChI=1S/C27H41NO2/c1-20(2)7-10-25(24-11-15-27(16-12-24)30-22(5)6)17-18-28-19-23-8-13-26(14-9-23)29-21(3)4/h8-9,11-16,20-22,25,28H,7,10,17-19H2,1-6H3. The van der Waals surface area contributed by atoms with E-state index in [2.05, 4.69) is 95.4 Å². The minimum Gasteiger partial charge on any atom is -0.491 e. The fourth-order valence-corrected chi connectivity index (χ4v) is 3.57. The highest BCUT2D eigenvalue weighted by Gasteiger charge is 2.13. The van der Waals surface area contributed by atoms with Gasteiger partial charge in [-0.05, 0) is 94.3 Å². The van der Waals surface area contributed by atoms with Gasteiger partial charge >= 0.3 is 0 Å². The monoisotopic (exact) mass is 411 g/mol. The van der Waals surface area contributed by atoms with Gasteiger partial charge in [-0.3, -0.25) is 0 Å². The topological polar surface area (TPSA) is 30.5 Å². The molecule has 0 bridgehead atoms. The minimum absolute atomic E-state index is 0.211. The normalized spacial score (nSPS) is 12.6. The Morgan fingerprint density at radius 1 is 0.667 bits per heavy atom. The maximum absolute atomic E-state index is 5.80. The van der Waals surface area contributed by atoms with Crippen molar-refractivity contribution in [2.45, 2.75) is 85.5 Å². The van der Waals surface area contributed by atoms with Crippen molar-refractivity contribution < 1.29 is 9.47 Å². The second kappa shape index (κ2) is 12.6. The van der Waals surface area contributed by atoms with Crippen molar-refractivity contribution in [1.82, 2.24) is 5.32 Å². The number of nitrogens with one attached hydrogen (secondary N) is 1. The number of hydrogen-bond acceptors (Lipinski definition) is 3. The van der Waals surface area contributed by atoms with E-state index in [1.54, 1.807) is 0 Å². The van der Waals surface area contributed by atoms with Crippen LogP contribution >= 0.6 is 0 Å². The number of ether oxygens (including phenoxy) is 2. The van der Waals surface area contributed by atoms with Gasteiger partial charge in [0.1, 0.15) is 11.5 Å². The van der Waals surface area contributed by atoms with E-state index in [1.807, 2.05) is 0 Å². The lowest BCUT2D eigenvalue weighted by Gasteiger charge is -2.20. The highest BCUT2D eigenvalue weighted by molar-refractivity contribution is 5.30. The summed E-state index contributed by atoms with van der Waals surface area (Å²) in [6.07, 6.45) is 4.05. The van der Waals surface area contributed by atoms with Crippen molar-refractivity contribution >= 4 is 0 Å². The van der Waals surface area contributed by atoms with Crippen molar-refractivity contribution in [3.05, 3.63) is 59.7 Å². The van der Waals surface area contributed by atoms with Gasteiger partial charge in [0.25, 0.3) is 0 Å². The zero-order chi connectivity index (χ0) is 21.9. The van der Waals surface area contributed by atoms with E-state index in [0.717, 1.165) is 36.9 Å². The first kappa shape index (κ1) is 24.3. The number of rotatable bonds is 13. The van der Waals surface area contributed by atoms with Crippen molar-refractivity contribution in [2.75, 3.05) is 6.54 Å². The van der Waals surface area contributed by atoms with E-state index >= 15 is 0 Å². The molecule has 0 radical (unpaired) electrons. The van der Waals surface area contributed by atoms with Gasteiger partial charge < -0.3 is 14.8 Å². The van der Waals surface area contributed by atoms with Crippen LogP contribution in [0.15, 0.2) is 48.5 Å². The maximum atomic E-state index is 5.80. The summed E-state index contributed by atoms with van der Waals surface area (Å²) in [5, 5.41) is 3.62. The Balaban J connectivity index is 1.86. The highest BCUT2D eigenvalue weighted by Crippen LogP contribution is 2.28. The molecular formula is C27H41NO2. The van der Waals surface area contributed by atoms with Crippen LogP contribution in [0.1, 0.15) is 77.8 Å². The molecule has 0 aromatic heterocycles. The quantitative estimate of drug-likeness (QED) is 0.361. The Hall–Kier alpha value is -2.00. The van der Waals surface area contributed by atoms with Gasteiger partial charge in [-0.2, -0.15) is 0 Å². The highest BCUT2D eigenvalue weighted by atomic mass is 16.5. The number of benzene rings is 2. The first-order chi connectivity index (χ1) is 14.3. The molecular weight excluding hydrogens is 370 g/mol. The lowest BCUT2D eigenvalue weighted by atomic mass is 9.88. The summed E-state index contributed by atoms with van der Waals surface area (Å²) in [7, 11) is 0.